The van der Waals surface area contributed by atoms with Gasteiger partial charge in [0, 0.05) is 11.8 Å². The first-order valence-corrected chi connectivity index (χ1v) is 7.44. The van der Waals surface area contributed by atoms with Gasteiger partial charge in [0.15, 0.2) is 0 Å². The van der Waals surface area contributed by atoms with Gasteiger partial charge in [0.2, 0.25) is 0 Å². The number of benzene rings is 2. The molecule has 21 heavy (non-hydrogen) atoms. The van der Waals surface area contributed by atoms with Crippen molar-refractivity contribution in [2.75, 3.05) is 0 Å². The zero-order valence-electron chi connectivity index (χ0n) is 11.4. The number of fused-ring (bicyclic) bond motifs is 1. The van der Waals surface area contributed by atoms with E-state index < -0.39 is 6.10 Å². The van der Waals surface area contributed by atoms with Gasteiger partial charge in [0.05, 0.1) is 4.47 Å². The molecule has 1 unspecified atom stereocenters. The second-order valence-corrected chi connectivity index (χ2v) is 6.01. The van der Waals surface area contributed by atoms with Crippen molar-refractivity contribution < 1.29 is 13.9 Å². The maximum atomic E-state index is 13.2. The lowest BCUT2D eigenvalue weighted by atomic mass is 10.1. The minimum absolute atomic E-state index is 0.313. The van der Waals surface area contributed by atoms with E-state index in [0.717, 1.165) is 22.1 Å². The molecule has 0 aliphatic heterocycles. The minimum Gasteiger partial charge on any atom is -0.458 e. The second kappa shape index (κ2) is 5.62. The Labute approximate surface area is 130 Å². The van der Waals surface area contributed by atoms with E-state index in [0.29, 0.717) is 16.7 Å². The number of hydrogen-bond acceptors (Lipinski definition) is 2. The van der Waals surface area contributed by atoms with E-state index in [2.05, 4.69) is 15.9 Å². The molecule has 1 atom stereocenters. The van der Waals surface area contributed by atoms with E-state index in [1.807, 2.05) is 31.2 Å². The fourth-order valence-corrected chi connectivity index (χ4v) is 2.76. The fraction of sp³-hybridized carbons (Fsp3) is 0.176. The van der Waals surface area contributed by atoms with E-state index in [1.54, 1.807) is 12.1 Å². The van der Waals surface area contributed by atoms with Gasteiger partial charge in [0.25, 0.3) is 0 Å². The SMILES string of the molecule is Cc1ccc2oc(C(O)Cc3ccc(F)c(Br)c3)cc2c1. The molecule has 0 aliphatic carbocycles. The predicted octanol–water partition coefficient (Wildman–Crippen LogP) is 4.92. The largest absolute Gasteiger partial charge is 0.458 e. The summed E-state index contributed by atoms with van der Waals surface area (Å²) in [6.07, 6.45) is -0.382. The molecule has 0 saturated carbocycles. The lowest BCUT2D eigenvalue weighted by molar-refractivity contribution is 0.152. The lowest BCUT2D eigenvalue weighted by Gasteiger charge is -2.08. The summed E-state index contributed by atoms with van der Waals surface area (Å²) >= 11 is 3.15. The second-order valence-electron chi connectivity index (χ2n) is 5.16. The van der Waals surface area contributed by atoms with Crippen molar-refractivity contribution >= 4 is 26.9 Å². The van der Waals surface area contributed by atoms with Gasteiger partial charge in [-0.05, 0) is 58.7 Å². The van der Waals surface area contributed by atoms with Crippen molar-refractivity contribution in [2.45, 2.75) is 19.4 Å². The minimum atomic E-state index is -0.755. The van der Waals surface area contributed by atoms with Crippen molar-refractivity contribution in [1.29, 1.82) is 0 Å². The summed E-state index contributed by atoms with van der Waals surface area (Å²) in [6.45, 7) is 2.01. The summed E-state index contributed by atoms with van der Waals surface area (Å²) < 4.78 is 19.3. The molecule has 0 aliphatic rings. The highest BCUT2D eigenvalue weighted by Gasteiger charge is 2.15. The molecule has 3 rings (SSSR count). The van der Waals surface area contributed by atoms with Gasteiger partial charge in [-0.2, -0.15) is 0 Å². The average molecular weight is 349 g/mol. The van der Waals surface area contributed by atoms with Crippen LogP contribution in [0.15, 0.2) is 51.4 Å². The topological polar surface area (TPSA) is 33.4 Å². The monoisotopic (exact) mass is 348 g/mol. The normalized spacial score (nSPS) is 12.8. The smallest absolute Gasteiger partial charge is 0.137 e. The zero-order valence-corrected chi connectivity index (χ0v) is 13.0. The van der Waals surface area contributed by atoms with Gasteiger partial charge >= 0.3 is 0 Å². The Balaban J connectivity index is 1.85. The van der Waals surface area contributed by atoms with Crippen LogP contribution in [0.25, 0.3) is 11.0 Å². The van der Waals surface area contributed by atoms with Gasteiger partial charge in [-0.15, -0.1) is 0 Å². The molecule has 4 heteroatoms. The molecule has 0 radical (unpaired) electrons. The van der Waals surface area contributed by atoms with E-state index in [1.165, 1.54) is 6.07 Å². The summed E-state index contributed by atoms with van der Waals surface area (Å²) in [6, 6.07) is 12.5. The Morgan fingerprint density at radius 1 is 1.19 bits per heavy atom. The number of halogens is 2. The van der Waals surface area contributed by atoms with Crippen LogP contribution in [0.3, 0.4) is 0 Å². The van der Waals surface area contributed by atoms with Crippen LogP contribution in [-0.2, 0) is 6.42 Å². The van der Waals surface area contributed by atoms with Crippen LogP contribution < -0.4 is 0 Å². The Hall–Kier alpha value is -1.65. The molecule has 1 aromatic heterocycles. The van der Waals surface area contributed by atoms with Gasteiger partial charge in [-0.25, -0.2) is 4.39 Å². The first-order valence-electron chi connectivity index (χ1n) is 6.65. The van der Waals surface area contributed by atoms with Crippen LogP contribution in [0.1, 0.15) is 23.0 Å². The quantitative estimate of drug-likeness (QED) is 0.728. The number of aliphatic hydroxyl groups is 1. The maximum Gasteiger partial charge on any atom is 0.137 e. The summed E-state index contributed by atoms with van der Waals surface area (Å²) in [4.78, 5) is 0. The van der Waals surface area contributed by atoms with E-state index in [9.17, 15) is 9.50 Å². The molecule has 2 aromatic carbocycles. The molecule has 0 amide bonds. The number of hydrogen-bond donors (Lipinski definition) is 1. The maximum absolute atomic E-state index is 13.2. The van der Waals surface area contributed by atoms with Crippen LogP contribution in [-0.4, -0.2) is 5.11 Å². The highest BCUT2D eigenvalue weighted by atomic mass is 79.9. The number of aliphatic hydroxyl groups excluding tert-OH is 1. The van der Waals surface area contributed by atoms with Crippen molar-refractivity contribution in [3.63, 3.8) is 0 Å². The molecule has 0 fully saturated rings. The first-order chi connectivity index (χ1) is 10.0. The molecular weight excluding hydrogens is 335 g/mol. The first kappa shape index (κ1) is 14.3. The predicted molar refractivity (Wildman–Crippen MR) is 83.7 cm³/mol. The van der Waals surface area contributed by atoms with Gasteiger partial charge in [0.1, 0.15) is 23.3 Å². The molecule has 1 heterocycles. The van der Waals surface area contributed by atoms with Gasteiger partial charge in [-0.1, -0.05) is 17.7 Å². The highest BCUT2D eigenvalue weighted by Crippen LogP contribution is 2.27. The molecular formula is C17H14BrFO2. The molecule has 2 nitrogen and oxygen atoms in total. The van der Waals surface area contributed by atoms with Crippen LogP contribution in [0, 0.1) is 12.7 Å². The van der Waals surface area contributed by atoms with Crippen LogP contribution >= 0.6 is 15.9 Å². The van der Waals surface area contributed by atoms with Crippen LogP contribution in [0.2, 0.25) is 0 Å². The number of rotatable bonds is 3. The van der Waals surface area contributed by atoms with E-state index in [4.69, 9.17) is 4.42 Å². The molecule has 0 saturated heterocycles. The average Bonchev–Trinajstić information content (AvgIpc) is 2.86. The third kappa shape index (κ3) is 3.01. The van der Waals surface area contributed by atoms with Crippen LogP contribution in [0.4, 0.5) is 4.39 Å². The van der Waals surface area contributed by atoms with E-state index >= 15 is 0 Å². The van der Waals surface area contributed by atoms with Crippen molar-refractivity contribution in [3.8, 4) is 0 Å². The number of aryl methyl sites for hydroxylation is 1. The fourth-order valence-electron chi connectivity index (χ4n) is 2.34. The molecule has 108 valence electrons. The standard InChI is InChI=1S/C17H14BrFO2/c1-10-2-5-16-12(6-10)9-17(21-16)15(20)8-11-3-4-14(19)13(18)7-11/h2-7,9,15,20H,8H2,1H3. The molecule has 3 aromatic rings. The van der Waals surface area contributed by atoms with Gasteiger partial charge < -0.3 is 9.52 Å². The third-order valence-corrected chi connectivity index (χ3v) is 4.04. The third-order valence-electron chi connectivity index (χ3n) is 3.43. The lowest BCUT2D eigenvalue weighted by Crippen LogP contribution is -2.00. The Bertz CT molecular complexity index is 795. The Morgan fingerprint density at radius 3 is 2.76 bits per heavy atom. The van der Waals surface area contributed by atoms with Gasteiger partial charge in [-0.3, -0.25) is 0 Å². The zero-order chi connectivity index (χ0) is 15.0. The summed E-state index contributed by atoms with van der Waals surface area (Å²) in [5.74, 6) is 0.212. The van der Waals surface area contributed by atoms with E-state index in [-0.39, 0.29) is 5.82 Å². The van der Waals surface area contributed by atoms with Crippen molar-refractivity contribution in [1.82, 2.24) is 0 Å². The number of furan rings is 1. The summed E-state index contributed by atoms with van der Waals surface area (Å²) in [7, 11) is 0. The highest BCUT2D eigenvalue weighted by molar-refractivity contribution is 9.10. The Kier molecular flexibility index (Phi) is 3.83. The van der Waals surface area contributed by atoms with Crippen molar-refractivity contribution in [3.05, 3.63) is 69.6 Å². The molecule has 0 bridgehead atoms. The molecule has 0 spiro atoms. The summed E-state index contributed by atoms with van der Waals surface area (Å²) in [5.41, 5.74) is 2.74. The molecule has 1 N–H and O–H groups in total. The summed E-state index contributed by atoms with van der Waals surface area (Å²) in [5, 5.41) is 11.3. The van der Waals surface area contributed by atoms with Crippen LogP contribution in [0.5, 0.6) is 0 Å². The Morgan fingerprint density at radius 2 is 2.00 bits per heavy atom. The van der Waals surface area contributed by atoms with Crippen molar-refractivity contribution in [2.24, 2.45) is 0 Å².